The molecule has 0 bridgehead atoms. The lowest BCUT2D eigenvalue weighted by molar-refractivity contribution is -0.385. The van der Waals surface area contributed by atoms with Gasteiger partial charge in [0.05, 0.1) is 4.92 Å². The Morgan fingerprint density at radius 1 is 1.55 bits per heavy atom. The van der Waals surface area contributed by atoms with E-state index >= 15 is 0 Å². The van der Waals surface area contributed by atoms with Crippen LogP contribution in [0.2, 0.25) is 0 Å². The summed E-state index contributed by atoms with van der Waals surface area (Å²) in [6.07, 6.45) is -0.535. The molecule has 0 heterocycles. The standard InChI is InChI=1S/C11H13N3O5S/c1-3-9(6-12)19-11-7(2)4-8(14(15)16)5-10(11)20(13,17)18/h4-5,9H,3H2,1-2H3,(H2,13,17,18). The number of benzene rings is 1. The second-order valence-corrected chi connectivity index (χ2v) is 5.57. The number of nitrogens with zero attached hydrogens (tertiary/aromatic N) is 2. The van der Waals surface area contributed by atoms with Crippen molar-refractivity contribution in [2.75, 3.05) is 0 Å². The highest BCUT2D eigenvalue weighted by atomic mass is 32.2. The minimum atomic E-state index is -4.21. The summed E-state index contributed by atoms with van der Waals surface area (Å²) in [7, 11) is -4.21. The van der Waals surface area contributed by atoms with Gasteiger partial charge < -0.3 is 4.74 Å². The first-order chi connectivity index (χ1) is 9.20. The zero-order chi connectivity index (χ0) is 15.5. The maximum atomic E-state index is 11.5. The fraction of sp³-hybridized carbons (Fsp3) is 0.364. The van der Waals surface area contributed by atoms with Crippen LogP contribution in [0.5, 0.6) is 5.75 Å². The third-order valence-corrected chi connectivity index (χ3v) is 3.43. The summed E-state index contributed by atoms with van der Waals surface area (Å²) in [5, 5.41) is 24.6. The Hall–Kier alpha value is -2.18. The molecule has 108 valence electrons. The number of nitro groups is 1. The molecule has 0 saturated carbocycles. The molecule has 0 aromatic heterocycles. The van der Waals surface area contributed by atoms with Crippen molar-refractivity contribution in [3.63, 3.8) is 0 Å². The second-order valence-electron chi connectivity index (χ2n) is 4.04. The highest BCUT2D eigenvalue weighted by molar-refractivity contribution is 7.89. The molecule has 0 aliphatic carbocycles. The van der Waals surface area contributed by atoms with Crippen molar-refractivity contribution < 1.29 is 18.1 Å². The molecule has 0 fully saturated rings. The maximum Gasteiger partial charge on any atom is 0.271 e. The maximum absolute atomic E-state index is 11.5. The van der Waals surface area contributed by atoms with E-state index in [4.69, 9.17) is 15.1 Å². The molecular formula is C11H13N3O5S. The van der Waals surface area contributed by atoms with Crippen LogP contribution in [0.4, 0.5) is 5.69 Å². The van der Waals surface area contributed by atoms with Crippen LogP contribution in [-0.4, -0.2) is 19.4 Å². The van der Waals surface area contributed by atoms with E-state index in [1.165, 1.54) is 6.92 Å². The average Bonchev–Trinajstić information content (AvgIpc) is 2.35. The van der Waals surface area contributed by atoms with Gasteiger partial charge in [-0.2, -0.15) is 5.26 Å². The summed E-state index contributed by atoms with van der Waals surface area (Å²) in [5.74, 6) is -0.133. The van der Waals surface area contributed by atoms with Gasteiger partial charge in [0.1, 0.15) is 16.7 Å². The summed E-state index contributed by atoms with van der Waals surface area (Å²) in [6, 6.07) is 3.83. The van der Waals surface area contributed by atoms with Crippen molar-refractivity contribution in [1.29, 1.82) is 5.26 Å². The molecule has 8 nitrogen and oxygen atoms in total. The number of nitro benzene ring substituents is 1. The average molecular weight is 299 g/mol. The van der Waals surface area contributed by atoms with Crippen molar-refractivity contribution in [3.05, 3.63) is 27.8 Å². The number of non-ortho nitro benzene ring substituents is 1. The van der Waals surface area contributed by atoms with Crippen LogP contribution in [0.25, 0.3) is 0 Å². The number of hydrogen-bond donors (Lipinski definition) is 1. The van der Waals surface area contributed by atoms with Crippen molar-refractivity contribution in [3.8, 4) is 11.8 Å². The molecule has 0 amide bonds. The van der Waals surface area contributed by atoms with Crippen molar-refractivity contribution in [1.82, 2.24) is 0 Å². The third-order valence-electron chi connectivity index (χ3n) is 2.52. The zero-order valence-electron chi connectivity index (χ0n) is 10.9. The number of hydrogen-bond acceptors (Lipinski definition) is 6. The van der Waals surface area contributed by atoms with E-state index in [-0.39, 0.29) is 11.3 Å². The smallest absolute Gasteiger partial charge is 0.271 e. The first-order valence-electron chi connectivity index (χ1n) is 5.58. The molecular weight excluding hydrogens is 286 g/mol. The predicted molar refractivity (Wildman–Crippen MR) is 69.5 cm³/mol. The fourth-order valence-electron chi connectivity index (χ4n) is 1.53. The summed E-state index contributed by atoms with van der Waals surface area (Å²) in [6.45, 7) is 3.13. The van der Waals surface area contributed by atoms with Gasteiger partial charge in [0.2, 0.25) is 10.0 Å². The molecule has 1 unspecified atom stereocenters. The SMILES string of the molecule is CCC(C#N)Oc1c(C)cc([N+](=O)[O-])cc1S(N)(=O)=O. The number of primary sulfonamides is 1. The molecule has 9 heteroatoms. The van der Waals surface area contributed by atoms with Crippen LogP contribution in [-0.2, 0) is 10.0 Å². The number of rotatable bonds is 5. The molecule has 1 rings (SSSR count). The van der Waals surface area contributed by atoms with Crippen LogP contribution in [0.3, 0.4) is 0 Å². The molecule has 1 aromatic rings. The summed E-state index contributed by atoms with van der Waals surface area (Å²) < 4.78 is 28.4. The molecule has 0 aliphatic rings. The molecule has 0 spiro atoms. The van der Waals surface area contributed by atoms with Gasteiger partial charge in [-0.25, -0.2) is 13.6 Å². The molecule has 1 atom stereocenters. The van der Waals surface area contributed by atoms with E-state index < -0.39 is 31.6 Å². The van der Waals surface area contributed by atoms with Crippen LogP contribution in [0.15, 0.2) is 17.0 Å². The minimum absolute atomic E-state index is 0.133. The molecule has 20 heavy (non-hydrogen) atoms. The van der Waals surface area contributed by atoms with Gasteiger partial charge in [0.25, 0.3) is 5.69 Å². The minimum Gasteiger partial charge on any atom is -0.474 e. The topological polar surface area (TPSA) is 136 Å². The predicted octanol–water partition coefficient (Wildman–Crippen LogP) is 1.23. The number of nitrogens with two attached hydrogens (primary N) is 1. The van der Waals surface area contributed by atoms with Gasteiger partial charge in [-0.15, -0.1) is 0 Å². The Morgan fingerprint density at radius 2 is 2.15 bits per heavy atom. The Morgan fingerprint density at radius 3 is 2.55 bits per heavy atom. The quantitative estimate of drug-likeness (QED) is 0.641. The normalized spacial score (nSPS) is 12.5. The lowest BCUT2D eigenvalue weighted by Gasteiger charge is -2.15. The van der Waals surface area contributed by atoms with E-state index in [0.717, 1.165) is 12.1 Å². The van der Waals surface area contributed by atoms with Crippen LogP contribution in [0, 0.1) is 28.4 Å². The lowest BCUT2D eigenvalue weighted by atomic mass is 10.2. The van der Waals surface area contributed by atoms with Crippen molar-refractivity contribution in [2.45, 2.75) is 31.3 Å². The van der Waals surface area contributed by atoms with Gasteiger partial charge in [-0.3, -0.25) is 10.1 Å². The fourth-order valence-corrected chi connectivity index (χ4v) is 2.29. The second kappa shape index (κ2) is 5.85. The van der Waals surface area contributed by atoms with E-state index in [0.29, 0.717) is 6.42 Å². The Labute approximate surface area is 116 Å². The van der Waals surface area contributed by atoms with Gasteiger partial charge in [0.15, 0.2) is 6.10 Å². The van der Waals surface area contributed by atoms with Crippen LogP contribution < -0.4 is 9.88 Å². The number of sulfonamides is 1. The van der Waals surface area contributed by atoms with Crippen LogP contribution >= 0.6 is 0 Å². The largest absolute Gasteiger partial charge is 0.474 e. The van der Waals surface area contributed by atoms with Gasteiger partial charge in [0, 0.05) is 12.1 Å². The van der Waals surface area contributed by atoms with E-state index in [1.54, 1.807) is 6.92 Å². The molecule has 1 aromatic carbocycles. The van der Waals surface area contributed by atoms with Crippen molar-refractivity contribution >= 4 is 15.7 Å². The van der Waals surface area contributed by atoms with E-state index in [2.05, 4.69) is 0 Å². The van der Waals surface area contributed by atoms with E-state index in [1.807, 2.05) is 6.07 Å². The summed E-state index contributed by atoms with van der Waals surface area (Å²) >= 11 is 0. The number of aryl methyl sites for hydroxylation is 1. The Balaban J connectivity index is 3.51. The van der Waals surface area contributed by atoms with Crippen molar-refractivity contribution in [2.24, 2.45) is 5.14 Å². The zero-order valence-corrected chi connectivity index (χ0v) is 11.7. The molecule has 0 aliphatic heterocycles. The first-order valence-corrected chi connectivity index (χ1v) is 7.13. The monoisotopic (exact) mass is 299 g/mol. The van der Waals surface area contributed by atoms with Gasteiger partial charge in [-0.05, 0) is 18.9 Å². The first kappa shape index (κ1) is 15.9. The molecule has 2 N–H and O–H groups in total. The number of ether oxygens (including phenoxy) is 1. The summed E-state index contributed by atoms with van der Waals surface area (Å²) in [4.78, 5) is 9.52. The Bertz CT molecular complexity index is 678. The third kappa shape index (κ3) is 3.43. The highest BCUT2D eigenvalue weighted by Crippen LogP contribution is 2.32. The van der Waals surface area contributed by atoms with E-state index in [9.17, 15) is 18.5 Å². The number of nitriles is 1. The summed E-state index contributed by atoms with van der Waals surface area (Å²) in [5.41, 5.74) is -0.194. The Kier molecular flexibility index (Phi) is 4.65. The highest BCUT2D eigenvalue weighted by Gasteiger charge is 2.24. The van der Waals surface area contributed by atoms with Gasteiger partial charge in [-0.1, -0.05) is 6.92 Å². The lowest BCUT2D eigenvalue weighted by Crippen LogP contribution is -2.19. The molecule has 0 saturated heterocycles. The molecule has 0 radical (unpaired) electrons. The van der Waals surface area contributed by atoms with Gasteiger partial charge >= 0.3 is 0 Å². The van der Waals surface area contributed by atoms with Crippen LogP contribution in [0.1, 0.15) is 18.9 Å².